The van der Waals surface area contributed by atoms with Crippen LogP contribution in [0.5, 0.6) is 0 Å². The van der Waals surface area contributed by atoms with E-state index >= 15 is 0 Å². The average molecular weight is 206 g/mol. The Morgan fingerprint density at radius 2 is 1.13 bits per heavy atom. The third-order valence-electron chi connectivity index (χ3n) is 1.27. The minimum Gasteiger partial charge on any atom is -0.225 e. The van der Waals surface area contributed by atoms with Gasteiger partial charge in [-0.2, -0.15) is 24.9 Å². The van der Waals surface area contributed by atoms with Gasteiger partial charge in [0.1, 0.15) is 25.3 Å². The zero-order chi connectivity index (χ0) is 10.3. The van der Waals surface area contributed by atoms with Gasteiger partial charge in [0.2, 0.25) is 0 Å². The van der Waals surface area contributed by atoms with Crippen molar-refractivity contribution in [2.45, 2.75) is 0 Å². The summed E-state index contributed by atoms with van der Waals surface area (Å²) in [5.41, 5.74) is 4.84. The zero-order valence-corrected chi connectivity index (χ0v) is 7.40. The molecule has 2 N–H and O–H groups in total. The lowest BCUT2D eigenvalue weighted by atomic mass is 11.0. The van der Waals surface area contributed by atoms with E-state index in [0.717, 1.165) is 0 Å². The van der Waals surface area contributed by atoms with Crippen LogP contribution in [0.25, 0.3) is 0 Å². The van der Waals surface area contributed by atoms with Gasteiger partial charge in [-0.15, -0.1) is 0 Å². The number of aromatic nitrogens is 6. The number of anilines is 2. The average Bonchev–Trinajstić information content (AvgIpc) is 2.32. The standard InChI is InChI=1S/C6H6N8O/c1-7-2-10-5(9-1)13-15-14-6-11-3-8-4-12-6/h1-4H,(H,7,9,10,13)(H,8,11,12,14). The Morgan fingerprint density at radius 1 is 0.733 bits per heavy atom. The van der Waals surface area contributed by atoms with Gasteiger partial charge in [-0.1, -0.05) is 0 Å². The van der Waals surface area contributed by atoms with Crippen molar-refractivity contribution in [2.75, 3.05) is 11.0 Å². The molecule has 0 aliphatic heterocycles. The summed E-state index contributed by atoms with van der Waals surface area (Å²) in [4.78, 5) is 27.1. The third-order valence-corrected chi connectivity index (χ3v) is 1.27. The van der Waals surface area contributed by atoms with E-state index in [4.69, 9.17) is 4.94 Å². The molecular weight excluding hydrogens is 200 g/mol. The van der Waals surface area contributed by atoms with E-state index in [1.54, 1.807) is 0 Å². The van der Waals surface area contributed by atoms with E-state index in [1.165, 1.54) is 25.3 Å². The fourth-order valence-electron chi connectivity index (χ4n) is 0.701. The smallest absolute Gasteiger partial charge is 0.225 e. The van der Waals surface area contributed by atoms with Gasteiger partial charge in [-0.3, -0.25) is 0 Å². The molecule has 0 bridgehead atoms. The van der Waals surface area contributed by atoms with Gasteiger partial charge < -0.3 is 0 Å². The molecule has 0 aliphatic carbocycles. The zero-order valence-electron chi connectivity index (χ0n) is 7.40. The molecule has 2 heterocycles. The van der Waals surface area contributed by atoms with Crippen molar-refractivity contribution in [3.8, 4) is 0 Å². The Morgan fingerprint density at radius 3 is 1.53 bits per heavy atom. The molecule has 0 aromatic carbocycles. The van der Waals surface area contributed by atoms with Gasteiger partial charge in [0.15, 0.2) is 0 Å². The molecule has 0 unspecified atom stereocenters. The van der Waals surface area contributed by atoms with E-state index < -0.39 is 0 Å². The summed E-state index contributed by atoms with van der Waals surface area (Å²) in [6.07, 6.45) is 5.34. The SMILES string of the molecule is c1ncnc(NONc2ncncn2)n1. The molecule has 0 spiro atoms. The van der Waals surface area contributed by atoms with Gasteiger partial charge in [0.05, 0.1) is 0 Å². The Hall–Kier alpha value is -2.42. The van der Waals surface area contributed by atoms with Crippen molar-refractivity contribution in [3.05, 3.63) is 25.3 Å². The normalized spacial score (nSPS) is 9.60. The third kappa shape index (κ3) is 2.77. The maximum atomic E-state index is 4.80. The number of hydrogen-bond acceptors (Lipinski definition) is 9. The van der Waals surface area contributed by atoms with Crippen molar-refractivity contribution >= 4 is 11.9 Å². The van der Waals surface area contributed by atoms with Crippen molar-refractivity contribution in [3.63, 3.8) is 0 Å². The molecule has 0 saturated heterocycles. The molecule has 0 fully saturated rings. The molecule has 9 heteroatoms. The topological polar surface area (TPSA) is 111 Å². The maximum absolute atomic E-state index is 4.80. The summed E-state index contributed by atoms with van der Waals surface area (Å²) in [5, 5.41) is 0. The molecule has 9 nitrogen and oxygen atoms in total. The van der Waals surface area contributed by atoms with Crippen molar-refractivity contribution < 1.29 is 4.94 Å². The second kappa shape index (κ2) is 4.72. The number of hydrogen-bond donors (Lipinski definition) is 2. The minimum atomic E-state index is 0.270. The van der Waals surface area contributed by atoms with Gasteiger partial charge in [-0.05, 0) is 0 Å². The maximum Gasteiger partial charge on any atom is 0.252 e. The molecule has 15 heavy (non-hydrogen) atoms. The number of nitrogens with one attached hydrogen (secondary N) is 2. The highest BCUT2D eigenvalue weighted by Gasteiger charge is 1.95. The Kier molecular flexibility index (Phi) is 2.88. The van der Waals surface area contributed by atoms with Crippen LogP contribution in [-0.2, 0) is 4.94 Å². The lowest BCUT2D eigenvalue weighted by Crippen LogP contribution is -2.12. The number of nitrogens with zero attached hydrogens (tertiary/aromatic N) is 6. The quantitative estimate of drug-likeness (QED) is 0.635. The van der Waals surface area contributed by atoms with Crippen LogP contribution >= 0.6 is 0 Å². The molecule has 2 aromatic rings. The van der Waals surface area contributed by atoms with Gasteiger partial charge in [0, 0.05) is 0 Å². The van der Waals surface area contributed by atoms with E-state index in [9.17, 15) is 0 Å². The molecule has 0 atom stereocenters. The minimum absolute atomic E-state index is 0.270. The van der Waals surface area contributed by atoms with Crippen molar-refractivity contribution in [2.24, 2.45) is 0 Å². The van der Waals surface area contributed by atoms with Gasteiger partial charge in [-0.25, -0.2) is 20.9 Å². The molecular formula is C6H6N8O. The molecule has 0 aliphatic rings. The second-order valence-corrected chi connectivity index (χ2v) is 2.23. The van der Waals surface area contributed by atoms with Crippen LogP contribution in [0.4, 0.5) is 11.9 Å². The number of rotatable bonds is 4. The van der Waals surface area contributed by atoms with Crippen LogP contribution in [0.15, 0.2) is 25.3 Å². The van der Waals surface area contributed by atoms with Crippen molar-refractivity contribution in [1.82, 2.24) is 29.9 Å². The Labute approximate surface area is 83.9 Å². The van der Waals surface area contributed by atoms with E-state index in [2.05, 4.69) is 40.9 Å². The predicted molar refractivity (Wildman–Crippen MR) is 48.0 cm³/mol. The second-order valence-electron chi connectivity index (χ2n) is 2.23. The monoisotopic (exact) mass is 206 g/mol. The summed E-state index contributed by atoms with van der Waals surface area (Å²) in [6, 6.07) is 0. The van der Waals surface area contributed by atoms with Crippen LogP contribution in [0.3, 0.4) is 0 Å². The van der Waals surface area contributed by atoms with Crippen LogP contribution in [-0.4, -0.2) is 29.9 Å². The fraction of sp³-hybridized carbons (Fsp3) is 0. The molecule has 0 amide bonds. The predicted octanol–water partition coefficient (Wildman–Crippen LogP) is -0.573. The largest absolute Gasteiger partial charge is 0.252 e. The summed E-state index contributed by atoms with van der Waals surface area (Å²) in [5.74, 6) is 0.540. The van der Waals surface area contributed by atoms with Crippen molar-refractivity contribution in [1.29, 1.82) is 0 Å². The summed E-state index contributed by atoms with van der Waals surface area (Å²) >= 11 is 0. The van der Waals surface area contributed by atoms with Gasteiger partial charge >= 0.3 is 0 Å². The lowest BCUT2D eigenvalue weighted by Gasteiger charge is -2.03. The fourth-order valence-corrected chi connectivity index (χ4v) is 0.701. The first-order chi connectivity index (χ1) is 7.45. The molecule has 2 rings (SSSR count). The molecule has 76 valence electrons. The van der Waals surface area contributed by atoms with Crippen LogP contribution in [0, 0.1) is 0 Å². The van der Waals surface area contributed by atoms with Gasteiger partial charge in [0.25, 0.3) is 11.9 Å². The first-order valence-corrected chi connectivity index (χ1v) is 3.87. The molecule has 0 saturated carbocycles. The van der Waals surface area contributed by atoms with Crippen LogP contribution in [0.1, 0.15) is 0 Å². The first kappa shape index (κ1) is 9.15. The highest BCUT2D eigenvalue weighted by molar-refractivity contribution is 5.19. The Balaban J connectivity index is 1.81. The Bertz CT molecular complexity index is 355. The van der Waals surface area contributed by atoms with E-state index in [0.29, 0.717) is 0 Å². The lowest BCUT2D eigenvalue weighted by molar-refractivity contribution is 0.256. The molecule has 0 radical (unpaired) electrons. The van der Waals surface area contributed by atoms with Crippen LogP contribution in [0.2, 0.25) is 0 Å². The van der Waals surface area contributed by atoms with Crippen LogP contribution < -0.4 is 11.0 Å². The molecule has 2 aromatic heterocycles. The summed E-state index contributed by atoms with van der Waals surface area (Å²) < 4.78 is 0. The van der Waals surface area contributed by atoms with E-state index in [1.807, 2.05) is 0 Å². The van der Waals surface area contributed by atoms with E-state index in [-0.39, 0.29) is 11.9 Å². The summed E-state index contributed by atoms with van der Waals surface area (Å²) in [7, 11) is 0. The summed E-state index contributed by atoms with van der Waals surface area (Å²) in [6.45, 7) is 0. The highest BCUT2D eigenvalue weighted by atomic mass is 16.8. The first-order valence-electron chi connectivity index (χ1n) is 3.87. The highest BCUT2D eigenvalue weighted by Crippen LogP contribution is 1.94.